The van der Waals surface area contributed by atoms with Gasteiger partial charge in [-0.2, -0.15) is 0 Å². The van der Waals surface area contributed by atoms with E-state index >= 15 is 0 Å². The topological polar surface area (TPSA) is 67.6 Å². The first-order chi connectivity index (χ1) is 9.19. The fourth-order valence-electron chi connectivity index (χ4n) is 2.25. The summed E-state index contributed by atoms with van der Waals surface area (Å²) < 4.78 is 5.48. The molecule has 1 fully saturated rings. The van der Waals surface area contributed by atoms with Gasteiger partial charge < -0.3 is 15.8 Å². The van der Waals surface area contributed by atoms with Crippen molar-refractivity contribution in [2.45, 2.75) is 19.4 Å². The molecular formula is C14H21N3O2. The number of nitrogens with two attached hydrogens (primary N) is 1. The molecule has 1 aromatic rings. The number of carbonyl (C=O) groups excluding carboxylic acids is 1. The van der Waals surface area contributed by atoms with E-state index in [-0.39, 0.29) is 11.9 Å². The third-order valence-electron chi connectivity index (χ3n) is 3.14. The first-order valence-electron chi connectivity index (χ1n) is 6.68. The van der Waals surface area contributed by atoms with Crippen LogP contribution in [-0.2, 0) is 4.79 Å². The quantitative estimate of drug-likeness (QED) is 0.833. The molecule has 1 atom stereocenters. The second-order valence-electron chi connectivity index (χ2n) is 4.76. The highest BCUT2D eigenvalue weighted by molar-refractivity contribution is 5.93. The minimum atomic E-state index is -0.0266. The van der Waals surface area contributed by atoms with Crippen molar-refractivity contribution >= 4 is 11.6 Å². The van der Waals surface area contributed by atoms with Gasteiger partial charge in [-0.15, -0.1) is 0 Å². The van der Waals surface area contributed by atoms with Crippen LogP contribution in [0.1, 0.15) is 13.3 Å². The van der Waals surface area contributed by atoms with Gasteiger partial charge in [0.15, 0.2) is 0 Å². The lowest BCUT2D eigenvalue weighted by molar-refractivity contribution is -0.117. The van der Waals surface area contributed by atoms with Gasteiger partial charge in [0.25, 0.3) is 0 Å². The maximum Gasteiger partial charge on any atom is 0.238 e. The number of ether oxygens (including phenoxy) is 1. The van der Waals surface area contributed by atoms with E-state index in [1.807, 2.05) is 31.2 Å². The standard InChI is InChI=1S/C14H21N3O2/c1-2-19-13-6-4-3-5-12(13)16-14(18)10-17-8-7-11(15)9-17/h3-6,11H,2,7-10,15H2,1H3,(H,16,18)/t11-/m1/s1. The number of amides is 1. The van der Waals surface area contributed by atoms with Gasteiger partial charge in [0, 0.05) is 19.1 Å². The van der Waals surface area contributed by atoms with Gasteiger partial charge in [0.05, 0.1) is 18.8 Å². The summed E-state index contributed by atoms with van der Waals surface area (Å²) in [5, 5.41) is 2.89. The third kappa shape index (κ3) is 3.94. The highest BCUT2D eigenvalue weighted by Gasteiger charge is 2.21. The normalized spacial score (nSPS) is 19.4. The number of likely N-dealkylation sites (tertiary alicyclic amines) is 1. The summed E-state index contributed by atoms with van der Waals surface area (Å²) in [4.78, 5) is 14.1. The minimum Gasteiger partial charge on any atom is -0.492 e. The van der Waals surface area contributed by atoms with Crippen molar-refractivity contribution in [2.24, 2.45) is 5.73 Å². The molecule has 2 rings (SSSR count). The van der Waals surface area contributed by atoms with Gasteiger partial charge in [-0.05, 0) is 25.5 Å². The summed E-state index contributed by atoms with van der Waals surface area (Å²) in [6, 6.07) is 7.66. The number of benzene rings is 1. The summed E-state index contributed by atoms with van der Waals surface area (Å²) >= 11 is 0. The van der Waals surface area contributed by atoms with Gasteiger partial charge in [-0.1, -0.05) is 12.1 Å². The van der Waals surface area contributed by atoms with Crippen LogP contribution in [0, 0.1) is 0 Å². The van der Waals surface area contributed by atoms with Gasteiger partial charge in [0.2, 0.25) is 5.91 Å². The second kappa shape index (κ2) is 6.54. The molecule has 19 heavy (non-hydrogen) atoms. The molecule has 0 aromatic heterocycles. The van der Waals surface area contributed by atoms with E-state index in [2.05, 4.69) is 10.2 Å². The van der Waals surface area contributed by atoms with Crippen LogP contribution >= 0.6 is 0 Å². The van der Waals surface area contributed by atoms with Crippen LogP contribution in [0.3, 0.4) is 0 Å². The zero-order valence-corrected chi connectivity index (χ0v) is 11.3. The van der Waals surface area contributed by atoms with Crippen molar-refractivity contribution in [3.05, 3.63) is 24.3 Å². The highest BCUT2D eigenvalue weighted by Crippen LogP contribution is 2.23. The lowest BCUT2D eigenvalue weighted by Crippen LogP contribution is -2.33. The van der Waals surface area contributed by atoms with Gasteiger partial charge in [-0.25, -0.2) is 0 Å². The van der Waals surface area contributed by atoms with E-state index in [4.69, 9.17) is 10.5 Å². The molecule has 0 bridgehead atoms. The van der Waals surface area contributed by atoms with Crippen LogP contribution in [-0.4, -0.2) is 43.1 Å². The molecule has 1 aliphatic rings. The van der Waals surface area contributed by atoms with Gasteiger partial charge >= 0.3 is 0 Å². The Morgan fingerprint density at radius 3 is 3.00 bits per heavy atom. The Morgan fingerprint density at radius 2 is 2.32 bits per heavy atom. The number of hydrogen-bond acceptors (Lipinski definition) is 4. The molecule has 5 heteroatoms. The molecule has 1 aliphatic heterocycles. The van der Waals surface area contributed by atoms with Crippen molar-refractivity contribution in [2.75, 3.05) is 31.6 Å². The molecule has 1 amide bonds. The van der Waals surface area contributed by atoms with Gasteiger partial charge in [-0.3, -0.25) is 9.69 Å². The van der Waals surface area contributed by atoms with E-state index in [0.717, 1.165) is 25.2 Å². The fraction of sp³-hybridized carbons (Fsp3) is 0.500. The number of carbonyl (C=O) groups is 1. The number of nitrogens with zero attached hydrogens (tertiary/aromatic N) is 1. The number of anilines is 1. The molecule has 0 saturated carbocycles. The third-order valence-corrected chi connectivity index (χ3v) is 3.14. The zero-order chi connectivity index (χ0) is 13.7. The largest absolute Gasteiger partial charge is 0.492 e. The Bertz CT molecular complexity index is 436. The van der Waals surface area contributed by atoms with E-state index in [0.29, 0.717) is 18.9 Å². The average molecular weight is 263 g/mol. The monoisotopic (exact) mass is 263 g/mol. The van der Waals surface area contributed by atoms with E-state index in [1.165, 1.54) is 0 Å². The molecule has 3 N–H and O–H groups in total. The molecule has 1 aromatic carbocycles. The van der Waals surface area contributed by atoms with Crippen molar-refractivity contribution in [3.8, 4) is 5.75 Å². The smallest absolute Gasteiger partial charge is 0.238 e. The number of rotatable bonds is 5. The zero-order valence-electron chi connectivity index (χ0n) is 11.3. The molecule has 0 spiro atoms. The Hall–Kier alpha value is -1.59. The predicted molar refractivity (Wildman–Crippen MR) is 75.3 cm³/mol. The molecular weight excluding hydrogens is 242 g/mol. The van der Waals surface area contributed by atoms with Crippen LogP contribution in [0.25, 0.3) is 0 Å². The van der Waals surface area contributed by atoms with Crippen molar-refractivity contribution in [1.29, 1.82) is 0 Å². The van der Waals surface area contributed by atoms with Gasteiger partial charge in [0.1, 0.15) is 5.75 Å². The molecule has 0 aliphatic carbocycles. The van der Waals surface area contributed by atoms with Crippen LogP contribution in [0.2, 0.25) is 0 Å². The number of para-hydroxylation sites is 2. The molecule has 104 valence electrons. The molecule has 1 saturated heterocycles. The lowest BCUT2D eigenvalue weighted by atomic mass is 10.3. The van der Waals surface area contributed by atoms with E-state index in [1.54, 1.807) is 0 Å². The predicted octanol–water partition coefficient (Wildman–Crippen LogP) is 1.06. The summed E-state index contributed by atoms with van der Waals surface area (Å²) in [6.45, 7) is 4.56. The van der Waals surface area contributed by atoms with Crippen LogP contribution in [0.5, 0.6) is 5.75 Å². The highest BCUT2D eigenvalue weighted by atomic mass is 16.5. The lowest BCUT2D eigenvalue weighted by Gasteiger charge is -2.16. The van der Waals surface area contributed by atoms with Crippen LogP contribution in [0.4, 0.5) is 5.69 Å². The Morgan fingerprint density at radius 1 is 1.53 bits per heavy atom. The summed E-state index contributed by atoms with van der Waals surface area (Å²) in [7, 11) is 0. The SMILES string of the molecule is CCOc1ccccc1NC(=O)CN1CC[C@@H](N)C1. The molecule has 5 nitrogen and oxygen atoms in total. The van der Waals surface area contributed by atoms with Crippen molar-refractivity contribution < 1.29 is 9.53 Å². The fourth-order valence-corrected chi connectivity index (χ4v) is 2.25. The van der Waals surface area contributed by atoms with Crippen LogP contribution in [0.15, 0.2) is 24.3 Å². The number of hydrogen-bond donors (Lipinski definition) is 2. The van der Waals surface area contributed by atoms with Crippen molar-refractivity contribution in [3.63, 3.8) is 0 Å². The molecule has 1 heterocycles. The van der Waals surface area contributed by atoms with E-state index in [9.17, 15) is 4.79 Å². The Labute approximate surface area is 113 Å². The first kappa shape index (κ1) is 13.8. The maximum absolute atomic E-state index is 12.0. The van der Waals surface area contributed by atoms with Crippen LogP contribution < -0.4 is 15.8 Å². The van der Waals surface area contributed by atoms with Crippen molar-refractivity contribution in [1.82, 2.24) is 4.90 Å². The molecule has 0 unspecified atom stereocenters. The Kier molecular flexibility index (Phi) is 4.76. The summed E-state index contributed by atoms with van der Waals surface area (Å²) in [6.07, 6.45) is 0.961. The summed E-state index contributed by atoms with van der Waals surface area (Å²) in [5.41, 5.74) is 6.54. The first-order valence-corrected chi connectivity index (χ1v) is 6.68. The minimum absolute atomic E-state index is 0.0266. The molecule has 0 radical (unpaired) electrons. The van der Waals surface area contributed by atoms with E-state index < -0.39 is 0 Å². The summed E-state index contributed by atoms with van der Waals surface area (Å²) in [5.74, 6) is 0.678. The number of nitrogens with one attached hydrogen (secondary N) is 1. The average Bonchev–Trinajstić information content (AvgIpc) is 2.77. The second-order valence-corrected chi connectivity index (χ2v) is 4.76. The maximum atomic E-state index is 12.0. The Balaban J connectivity index is 1.91.